The number of anilines is 1. The molecule has 0 bridgehead atoms. The van der Waals surface area contributed by atoms with Crippen LogP contribution >= 0.6 is 11.6 Å². The first-order valence-corrected chi connectivity index (χ1v) is 10.7. The van der Waals surface area contributed by atoms with Gasteiger partial charge in [0.15, 0.2) is 5.82 Å². The molecular weight excluding hydrogens is 445 g/mol. The maximum absolute atomic E-state index is 14.6. The lowest BCUT2D eigenvalue weighted by Gasteiger charge is -2.17. The van der Waals surface area contributed by atoms with Crippen LogP contribution in [0.5, 0.6) is 0 Å². The molecule has 0 saturated heterocycles. The molecule has 1 fully saturated rings. The normalized spacial score (nSPS) is 13.7. The maximum atomic E-state index is 14.6. The predicted octanol–water partition coefficient (Wildman–Crippen LogP) is 5.63. The first-order chi connectivity index (χ1) is 15.9. The Hall–Kier alpha value is -3.76. The minimum absolute atomic E-state index is 0.0748. The lowest BCUT2D eigenvalue weighted by Crippen LogP contribution is -2.22. The third-order valence-corrected chi connectivity index (χ3v) is 5.92. The Morgan fingerprint density at radius 2 is 1.91 bits per heavy atom. The fourth-order valence-electron chi connectivity index (χ4n) is 3.66. The number of rotatable bonds is 7. The van der Waals surface area contributed by atoms with E-state index in [0.717, 1.165) is 12.8 Å². The number of aromatic carboxylic acids is 1. The van der Waals surface area contributed by atoms with Gasteiger partial charge in [-0.05, 0) is 54.8 Å². The first-order valence-electron chi connectivity index (χ1n) is 10.4. The van der Waals surface area contributed by atoms with E-state index in [4.69, 9.17) is 16.7 Å². The number of benzene rings is 2. The average Bonchev–Trinajstić information content (AvgIpc) is 3.64. The fraction of sp³-hybridized carbons (Fsp3) is 0.200. The Bertz CT molecular complexity index is 1250. The summed E-state index contributed by atoms with van der Waals surface area (Å²) in [4.78, 5) is 28.5. The largest absolute Gasteiger partial charge is 0.478 e. The standard InChI is InChI=1S/C25H19ClFN3O3/c26-20-9-5-16(12-28)22(23(20)27)17-6-10-21(29-13-17)19(11-14-1-2-14)24(31)30-18-7-3-15(4-8-18)25(32)33/h3-10,13-14,19H,1-2,11H2,(H,30,31)(H,32,33). The van der Waals surface area contributed by atoms with Gasteiger partial charge < -0.3 is 10.4 Å². The van der Waals surface area contributed by atoms with E-state index in [1.165, 1.54) is 42.6 Å². The molecule has 1 aromatic heterocycles. The van der Waals surface area contributed by atoms with E-state index in [0.29, 0.717) is 29.3 Å². The van der Waals surface area contributed by atoms with Gasteiger partial charge in [0.1, 0.15) is 0 Å². The number of carboxylic acid groups (broad SMARTS) is 1. The van der Waals surface area contributed by atoms with E-state index in [-0.39, 0.29) is 27.6 Å². The zero-order valence-corrected chi connectivity index (χ0v) is 18.1. The maximum Gasteiger partial charge on any atom is 0.335 e. The molecule has 1 amide bonds. The number of amides is 1. The van der Waals surface area contributed by atoms with Crippen molar-refractivity contribution in [2.45, 2.75) is 25.2 Å². The lowest BCUT2D eigenvalue weighted by atomic mass is 9.95. The van der Waals surface area contributed by atoms with Crippen molar-refractivity contribution < 1.29 is 19.1 Å². The van der Waals surface area contributed by atoms with E-state index < -0.39 is 17.7 Å². The van der Waals surface area contributed by atoms with Crippen molar-refractivity contribution in [2.75, 3.05) is 5.32 Å². The van der Waals surface area contributed by atoms with E-state index in [1.807, 2.05) is 6.07 Å². The summed E-state index contributed by atoms with van der Waals surface area (Å²) in [5.41, 5.74) is 1.76. The minimum Gasteiger partial charge on any atom is -0.478 e. The molecule has 4 rings (SSSR count). The van der Waals surface area contributed by atoms with Crippen LogP contribution in [0.2, 0.25) is 5.02 Å². The molecule has 1 atom stereocenters. The highest BCUT2D eigenvalue weighted by molar-refractivity contribution is 6.31. The smallest absolute Gasteiger partial charge is 0.335 e. The molecule has 33 heavy (non-hydrogen) atoms. The summed E-state index contributed by atoms with van der Waals surface area (Å²) in [6.45, 7) is 0. The summed E-state index contributed by atoms with van der Waals surface area (Å²) >= 11 is 5.89. The lowest BCUT2D eigenvalue weighted by molar-refractivity contribution is -0.117. The molecule has 1 aliphatic carbocycles. The van der Waals surface area contributed by atoms with Gasteiger partial charge in [-0.2, -0.15) is 5.26 Å². The second-order valence-electron chi connectivity index (χ2n) is 7.97. The predicted molar refractivity (Wildman–Crippen MR) is 121 cm³/mol. The topological polar surface area (TPSA) is 103 Å². The van der Waals surface area contributed by atoms with E-state index in [9.17, 15) is 19.2 Å². The number of carbonyl (C=O) groups excluding carboxylic acids is 1. The molecule has 1 unspecified atom stereocenters. The quantitative estimate of drug-likeness (QED) is 0.472. The van der Waals surface area contributed by atoms with Crippen molar-refractivity contribution in [1.82, 2.24) is 4.98 Å². The summed E-state index contributed by atoms with van der Waals surface area (Å²) < 4.78 is 14.6. The van der Waals surface area contributed by atoms with Crippen LogP contribution in [-0.4, -0.2) is 22.0 Å². The van der Waals surface area contributed by atoms with Gasteiger partial charge in [-0.3, -0.25) is 9.78 Å². The second-order valence-corrected chi connectivity index (χ2v) is 8.38. The summed E-state index contributed by atoms with van der Waals surface area (Å²) in [7, 11) is 0. The van der Waals surface area contributed by atoms with Gasteiger partial charge in [0, 0.05) is 23.0 Å². The van der Waals surface area contributed by atoms with Crippen LogP contribution in [0.1, 0.15) is 46.8 Å². The molecule has 0 aliphatic heterocycles. The van der Waals surface area contributed by atoms with Gasteiger partial charge in [0.25, 0.3) is 0 Å². The van der Waals surface area contributed by atoms with E-state index in [1.54, 1.807) is 12.1 Å². The summed E-state index contributed by atoms with van der Waals surface area (Å²) in [5.74, 6) is -2.07. The molecular formula is C25H19ClFN3O3. The number of pyridine rings is 1. The molecule has 0 spiro atoms. The molecule has 3 aromatic rings. The van der Waals surface area contributed by atoms with Crippen LogP contribution in [0.15, 0.2) is 54.7 Å². The summed E-state index contributed by atoms with van der Waals surface area (Å²) in [5, 5.41) is 21.1. The van der Waals surface area contributed by atoms with Crippen LogP contribution in [0.3, 0.4) is 0 Å². The van der Waals surface area contributed by atoms with Gasteiger partial charge in [-0.25, -0.2) is 9.18 Å². The van der Waals surface area contributed by atoms with Gasteiger partial charge in [-0.1, -0.05) is 30.5 Å². The zero-order chi connectivity index (χ0) is 23.5. The summed E-state index contributed by atoms with van der Waals surface area (Å²) in [6.07, 6.45) is 4.17. The first kappa shape index (κ1) is 22.4. The average molecular weight is 464 g/mol. The monoisotopic (exact) mass is 463 g/mol. The van der Waals surface area contributed by atoms with Gasteiger partial charge in [0.05, 0.1) is 33.8 Å². The second kappa shape index (κ2) is 9.39. The Kier molecular flexibility index (Phi) is 6.38. The molecule has 166 valence electrons. The van der Waals surface area contributed by atoms with E-state index >= 15 is 0 Å². The molecule has 1 aliphatic rings. The van der Waals surface area contributed by atoms with Gasteiger partial charge in [0.2, 0.25) is 5.91 Å². The van der Waals surface area contributed by atoms with Crippen molar-refractivity contribution in [3.63, 3.8) is 0 Å². The SMILES string of the molecule is N#Cc1ccc(Cl)c(F)c1-c1ccc(C(CC2CC2)C(=O)Nc2ccc(C(=O)O)cc2)nc1. The van der Waals surface area contributed by atoms with Crippen molar-refractivity contribution in [3.05, 3.63) is 82.4 Å². The molecule has 0 radical (unpaired) electrons. The van der Waals surface area contributed by atoms with Crippen molar-refractivity contribution in [1.29, 1.82) is 5.26 Å². The fourth-order valence-corrected chi connectivity index (χ4v) is 3.82. The van der Waals surface area contributed by atoms with Crippen molar-refractivity contribution in [3.8, 4) is 17.2 Å². The molecule has 2 N–H and O–H groups in total. The number of nitrogens with one attached hydrogen (secondary N) is 1. The molecule has 6 nitrogen and oxygen atoms in total. The highest BCUT2D eigenvalue weighted by atomic mass is 35.5. The number of carboxylic acids is 1. The highest BCUT2D eigenvalue weighted by Crippen LogP contribution is 2.39. The van der Waals surface area contributed by atoms with Crippen molar-refractivity contribution in [2.24, 2.45) is 5.92 Å². The third kappa shape index (κ3) is 5.02. The number of nitriles is 1. The number of carbonyl (C=O) groups is 2. The minimum atomic E-state index is -1.04. The Balaban J connectivity index is 1.59. The molecule has 1 saturated carbocycles. The van der Waals surface area contributed by atoms with Crippen LogP contribution < -0.4 is 5.32 Å². The van der Waals surface area contributed by atoms with Crippen LogP contribution in [0, 0.1) is 23.1 Å². The third-order valence-electron chi connectivity index (χ3n) is 5.63. The Labute approximate surface area is 194 Å². The number of aromatic nitrogens is 1. The zero-order valence-electron chi connectivity index (χ0n) is 17.4. The van der Waals surface area contributed by atoms with E-state index in [2.05, 4.69) is 10.3 Å². The number of nitrogens with zero attached hydrogens (tertiary/aromatic N) is 2. The van der Waals surface area contributed by atoms with Gasteiger partial charge in [-0.15, -0.1) is 0 Å². The molecule has 2 aromatic carbocycles. The number of hydrogen-bond acceptors (Lipinski definition) is 4. The summed E-state index contributed by atoms with van der Waals surface area (Å²) in [6, 6.07) is 14.0. The van der Waals surface area contributed by atoms with Crippen molar-refractivity contribution >= 4 is 29.2 Å². The highest BCUT2D eigenvalue weighted by Gasteiger charge is 2.31. The Morgan fingerprint density at radius 3 is 2.48 bits per heavy atom. The number of hydrogen-bond donors (Lipinski definition) is 2. The molecule has 8 heteroatoms. The Morgan fingerprint density at radius 1 is 1.18 bits per heavy atom. The molecule has 1 heterocycles. The van der Waals surface area contributed by atoms with Crippen LogP contribution in [-0.2, 0) is 4.79 Å². The van der Waals surface area contributed by atoms with Gasteiger partial charge >= 0.3 is 5.97 Å². The van der Waals surface area contributed by atoms with Crippen LogP contribution in [0.4, 0.5) is 10.1 Å². The number of halogens is 2. The van der Waals surface area contributed by atoms with Crippen LogP contribution in [0.25, 0.3) is 11.1 Å².